The molecule has 1 heterocycles. The monoisotopic (exact) mass is 258 g/mol. The van der Waals surface area contributed by atoms with E-state index in [1.165, 1.54) is 6.92 Å². The van der Waals surface area contributed by atoms with Gasteiger partial charge in [0, 0.05) is 24.0 Å². The number of phenols is 1. The lowest BCUT2D eigenvalue weighted by atomic mass is 9.92. The van der Waals surface area contributed by atoms with Gasteiger partial charge in [0.2, 0.25) is 5.91 Å². The molecular formula is C15H18N2O2. The number of carbonyl (C=O) groups excluding carboxylic acids is 1. The van der Waals surface area contributed by atoms with Crippen LogP contribution in [0.4, 0.5) is 0 Å². The zero-order valence-electron chi connectivity index (χ0n) is 11.4. The van der Waals surface area contributed by atoms with Crippen LogP contribution in [0.3, 0.4) is 0 Å². The number of rotatable bonds is 3. The molecule has 0 aliphatic heterocycles. The van der Waals surface area contributed by atoms with E-state index in [2.05, 4.69) is 10.3 Å². The third-order valence-corrected chi connectivity index (χ3v) is 2.99. The molecule has 2 rings (SSSR count). The smallest absolute Gasteiger partial charge is 0.217 e. The van der Waals surface area contributed by atoms with Crippen molar-refractivity contribution in [2.45, 2.75) is 32.7 Å². The van der Waals surface area contributed by atoms with Crippen molar-refractivity contribution in [3.05, 3.63) is 36.0 Å². The molecule has 0 fully saturated rings. The first kappa shape index (κ1) is 13.3. The number of hydrogen-bond acceptors (Lipinski definition) is 3. The molecule has 2 aromatic rings. The molecule has 0 bridgehead atoms. The number of pyridine rings is 1. The molecule has 1 aromatic heterocycles. The third kappa shape index (κ3) is 3.02. The number of benzene rings is 1. The van der Waals surface area contributed by atoms with Gasteiger partial charge in [-0.3, -0.25) is 9.78 Å². The quantitative estimate of drug-likeness (QED) is 0.888. The fraction of sp³-hybridized carbons (Fsp3) is 0.333. The molecule has 2 N–H and O–H groups in total. The molecule has 4 nitrogen and oxygen atoms in total. The summed E-state index contributed by atoms with van der Waals surface area (Å²) in [7, 11) is 0. The SMILES string of the molecule is CC(=O)NC(C)(C)Cc1ccc(O)c2ncccc12. The number of fused-ring (bicyclic) bond motifs is 1. The summed E-state index contributed by atoms with van der Waals surface area (Å²) in [6, 6.07) is 7.30. The van der Waals surface area contributed by atoms with Gasteiger partial charge in [-0.15, -0.1) is 0 Å². The summed E-state index contributed by atoms with van der Waals surface area (Å²) in [6.45, 7) is 5.46. The molecule has 0 atom stereocenters. The molecule has 19 heavy (non-hydrogen) atoms. The van der Waals surface area contributed by atoms with Crippen LogP contribution in [0.25, 0.3) is 10.9 Å². The van der Waals surface area contributed by atoms with E-state index in [-0.39, 0.29) is 17.2 Å². The van der Waals surface area contributed by atoms with E-state index in [4.69, 9.17) is 0 Å². The maximum Gasteiger partial charge on any atom is 0.217 e. The highest BCUT2D eigenvalue weighted by Gasteiger charge is 2.20. The predicted molar refractivity (Wildman–Crippen MR) is 75.0 cm³/mol. The van der Waals surface area contributed by atoms with Crippen molar-refractivity contribution < 1.29 is 9.90 Å². The second-order valence-corrected chi connectivity index (χ2v) is 5.39. The van der Waals surface area contributed by atoms with Gasteiger partial charge in [-0.25, -0.2) is 0 Å². The second kappa shape index (κ2) is 4.88. The first-order valence-electron chi connectivity index (χ1n) is 6.23. The molecule has 0 aliphatic carbocycles. The number of amides is 1. The number of phenolic OH excluding ortho intramolecular Hbond substituents is 1. The highest BCUT2D eigenvalue weighted by Crippen LogP contribution is 2.27. The lowest BCUT2D eigenvalue weighted by molar-refractivity contribution is -0.120. The Balaban J connectivity index is 2.41. The van der Waals surface area contributed by atoms with Crippen molar-refractivity contribution in [1.29, 1.82) is 0 Å². The van der Waals surface area contributed by atoms with Crippen LogP contribution in [-0.4, -0.2) is 21.5 Å². The Hall–Kier alpha value is -2.10. The van der Waals surface area contributed by atoms with Crippen molar-refractivity contribution in [1.82, 2.24) is 10.3 Å². The summed E-state index contributed by atoms with van der Waals surface area (Å²) < 4.78 is 0. The number of aromatic nitrogens is 1. The number of aromatic hydroxyl groups is 1. The Labute approximate surface area is 112 Å². The average molecular weight is 258 g/mol. The van der Waals surface area contributed by atoms with Gasteiger partial charge in [0.25, 0.3) is 0 Å². The van der Waals surface area contributed by atoms with Crippen LogP contribution in [0.2, 0.25) is 0 Å². The van der Waals surface area contributed by atoms with Crippen molar-refractivity contribution >= 4 is 16.8 Å². The van der Waals surface area contributed by atoms with Crippen LogP contribution in [0, 0.1) is 0 Å². The molecule has 0 aliphatic rings. The van der Waals surface area contributed by atoms with Crippen LogP contribution in [0.15, 0.2) is 30.5 Å². The fourth-order valence-corrected chi connectivity index (χ4v) is 2.37. The van der Waals surface area contributed by atoms with E-state index >= 15 is 0 Å². The minimum Gasteiger partial charge on any atom is -0.506 e. The van der Waals surface area contributed by atoms with Crippen molar-refractivity contribution in [3.8, 4) is 5.75 Å². The largest absolute Gasteiger partial charge is 0.506 e. The van der Waals surface area contributed by atoms with Gasteiger partial charge < -0.3 is 10.4 Å². The van der Waals surface area contributed by atoms with Gasteiger partial charge >= 0.3 is 0 Å². The van der Waals surface area contributed by atoms with Crippen LogP contribution < -0.4 is 5.32 Å². The molecule has 0 unspecified atom stereocenters. The summed E-state index contributed by atoms with van der Waals surface area (Å²) in [5.74, 6) is 0.128. The Morgan fingerprint density at radius 2 is 2.11 bits per heavy atom. The van der Waals surface area contributed by atoms with Gasteiger partial charge in [0.1, 0.15) is 11.3 Å². The molecule has 0 radical (unpaired) electrons. The Morgan fingerprint density at radius 1 is 1.37 bits per heavy atom. The molecule has 1 amide bonds. The van der Waals surface area contributed by atoms with E-state index in [0.29, 0.717) is 11.9 Å². The minimum atomic E-state index is -0.342. The topological polar surface area (TPSA) is 62.2 Å². The van der Waals surface area contributed by atoms with Crippen LogP contribution in [-0.2, 0) is 11.2 Å². The van der Waals surface area contributed by atoms with Gasteiger partial charge in [0.15, 0.2) is 0 Å². The predicted octanol–water partition coefficient (Wildman–Crippen LogP) is 2.40. The molecule has 0 saturated carbocycles. The van der Waals surface area contributed by atoms with E-state index in [9.17, 15) is 9.90 Å². The van der Waals surface area contributed by atoms with E-state index < -0.39 is 0 Å². The lowest BCUT2D eigenvalue weighted by Crippen LogP contribution is -2.44. The Morgan fingerprint density at radius 3 is 2.79 bits per heavy atom. The van der Waals surface area contributed by atoms with Crippen LogP contribution in [0.5, 0.6) is 5.75 Å². The normalized spacial score (nSPS) is 11.5. The maximum absolute atomic E-state index is 11.2. The van der Waals surface area contributed by atoms with E-state index in [1.54, 1.807) is 12.3 Å². The van der Waals surface area contributed by atoms with Crippen molar-refractivity contribution in [3.63, 3.8) is 0 Å². The van der Waals surface area contributed by atoms with Crippen LogP contribution in [0.1, 0.15) is 26.3 Å². The highest BCUT2D eigenvalue weighted by atomic mass is 16.3. The standard InChI is InChI=1S/C15H18N2O2/c1-10(18)17-15(2,3)9-11-6-7-13(19)14-12(11)5-4-8-16-14/h4-8,19H,9H2,1-3H3,(H,17,18). The van der Waals surface area contributed by atoms with Gasteiger partial charge in [0.05, 0.1) is 0 Å². The third-order valence-electron chi connectivity index (χ3n) is 2.99. The molecule has 0 spiro atoms. The number of hydrogen-bond donors (Lipinski definition) is 2. The summed E-state index contributed by atoms with van der Waals surface area (Å²) in [6.07, 6.45) is 2.33. The van der Waals surface area contributed by atoms with Crippen molar-refractivity contribution in [2.75, 3.05) is 0 Å². The van der Waals surface area contributed by atoms with Gasteiger partial charge in [-0.1, -0.05) is 12.1 Å². The van der Waals surface area contributed by atoms with Gasteiger partial charge in [-0.05, 0) is 38.0 Å². The summed E-state index contributed by atoms with van der Waals surface area (Å²) >= 11 is 0. The average Bonchev–Trinajstić information content (AvgIpc) is 2.31. The number of nitrogens with zero attached hydrogens (tertiary/aromatic N) is 1. The summed E-state index contributed by atoms with van der Waals surface area (Å²) in [4.78, 5) is 15.4. The Kier molecular flexibility index (Phi) is 3.42. The lowest BCUT2D eigenvalue weighted by Gasteiger charge is -2.26. The summed E-state index contributed by atoms with van der Waals surface area (Å²) in [5, 5.41) is 13.6. The highest BCUT2D eigenvalue weighted by molar-refractivity contribution is 5.87. The zero-order valence-corrected chi connectivity index (χ0v) is 11.4. The van der Waals surface area contributed by atoms with E-state index in [1.807, 2.05) is 32.0 Å². The first-order valence-corrected chi connectivity index (χ1v) is 6.23. The molecule has 4 heteroatoms. The first-order chi connectivity index (χ1) is 8.89. The number of carbonyl (C=O) groups is 1. The maximum atomic E-state index is 11.2. The zero-order chi connectivity index (χ0) is 14.0. The van der Waals surface area contributed by atoms with Crippen molar-refractivity contribution in [2.24, 2.45) is 0 Å². The summed E-state index contributed by atoms with van der Waals surface area (Å²) in [5.41, 5.74) is 1.31. The van der Waals surface area contributed by atoms with E-state index in [0.717, 1.165) is 10.9 Å². The molecule has 100 valence electrons. The number of nitrogens with one attached hydrogen (secondary N) is 1. The van der Waals surface area contributed by atoms with Gasteiger partial charge in [-0.2, -0.15) is 0 Å². The minimum absolute atomic E-state index is 0.0498. The fourth-order valence-electron chi connectivity index (χ4n) is 2.37. The second-order valence-electron chi connectivity index (χ2n) is 5.39. The molecule has 0 saturated heterocycles. The van der Waals surface area contributed by atoms with Crippen LogP contribution >= 0.6 is 0 Å². The molecule has 1 aromatic carbocycles. The molecular weight excluding hydrogens is 240 g/mol. The Bertz CT molecular complexity index is 621.